The Hall–Kier alpha value is -4.00. The first-order valence-corrected chi connectivity index (χ1v) is 10.1. The van der Waals surface area contributed by atoms with Crippen LogP contribution < -0.4 is 10.6 Å². The first-order chi connectivity index (χ1) is 15.0. The molecule has 0 saturated carbocycles. The van der Waals surface area contributed by atoms with Gasteiger partial charge in [0.25, 0.3) is 0 Å². The molecule has 2 aromatic carbocycles. The number of hydrogen-bond acceptors (Lipinski definition) is 5. The fourth-order valence-corrected chi connectivity index (χ4v) is 3.28. The minimum Gasteiger partial charge on any atom is -0.340 e. The van der Waals surface area contributed by atoms with E-state index in [9.17, 15) is 4.79 Å². The fraction of sp³-hybridized carbons (Fsp3) is 0.167. The monoisotopic (exact) mass is 412 g/mol. The highest BCUT2D eigenvalue weighted by molar-refractivity contribution is 5.91. The van der Waals surface area contributed by atoms with Crippen molar-refractivity contribution in [1.82, 2.24) is 19.5 Å². The van der Waals surface area contributed by atoms with E-state index in [4.69, 9.17) is 0 Å². The molecule has 7 heteroatoms. The SMILES string of the molecule is Cc1cccc(CCC(=O)Nc2ccc(Nc3cc(-n4ccnc4)nc(C)n3)cc2)c1. The molecule has 0 bridgehead atoms. The molecule has 0 atom stereocenters. The highest BCUT2D eigenvalue weighted by Gasteiger charge is 2.06. The summed E-state index contributed by atoms with van der Waals surface area (Å²) in [4.78, 5) is 25.2. The van der Waals surface area contributed by atoms with Crippen LogP contribution in [0.3, 0.4) is 0 Å². The summed E-state index contributed by atoms with van der Waals surface area (Å²) in [5, 5.41) is 6.23. The molecule has 2 aromatic heterocycles. The molecule has 0 aliphatic carbocycles. The minimum absolute atomic E-state index is 0.00128. The van der Waals surface area contributed by atoms with Gasteiger partial charge in [-0.3, -0.25) is 9.36 Å². The number of anilines is 3. The number of carbonyl (C=O) groups excluding carboxylic acids is 1. The van der Waals surface area contributed by atoms with E-state index in [1.165, 1.54) is 11.1 Å². The first-order valence-electron chi connectivity index (χ1n) is 10.1. The van der Waals surface area contributed by atoms with Gasteiger partial charge < -0.3 is 10.6 Å². The maximum atomic E-state index is 12.3. The Morgan fingerprint density at radius 2 is 1.81 bits per heavy atom. The molecule has 1 amide bonds. The van der Waals surface area contributed by atoms with Gasteiger partial charge in [-0.25, -0.2) is 15.0 Å². The Kier molecular flexibility index (Phi) is 6.03. The minimum atomic E-state index is -0.00128. The van der Waals surface area contributed by atoms with Crippen molar-refractivity contribution in [1.29, 1.82) is 0 Å². The zero-order chi connectivity index (χ0) is 21.6. The Balaban J connectivity index is 1.36. The number of imidazole rings is 1. The molecule has 156 valence electrons. The molecule has 0 aliphatic rings. The standard InChI is InChI=1S/C24H24N6O/c1-17-4-3-5-19(14-17)6-11-24(31)29-21-9-7-20(8-10-21)28-22-15-23(27-18(2)26-22)30-13-12-25-16-30/h3-5,7-10,12-16H,6,11H2,1-2H3,(H,29,31)(H,26,27,28). The predicted octanol–water partition coefficient (Wildman–Crippen LogP) is 4.59. The third-order valence-electron chi connectivity index (χ3n) is 4.76. The summed E-state index contributed by atoms with van der Waals surface area (Å²) in [6.07, 6.45) is 6.41. The molecule has 31 heavy (non-hydrogen) atoms. The van der Waals surface area contributed by atoms with Crippen LogP contribution >= 0.6 is 0 Å². The topological polar surface area (TPSA) is 84.7 Å². The summed E-state index contributed by atoms with van der Waals surface area (Å²) in [7, 11) is 0. The number of nitrogens with one attached hydrogen (secondary N) is 2. The molecule has 0 aliphatic heterocycles. The largest absolute Gasteiger partial charge is 0.340 e. The number of amides is 1. The van der Waals surface area contributed by atoms with Crippen molar-refractivity contribution in [3.8, 4) is 5.82 Å². The van der Waals surface area contributed by atoms with E-state index in [0.29, 0.717) is 18.1 Å². The fourth-order valence-electron chi connectivity index (χ4n) is 3.28. The lowest BCUT2D eigenvalue weighted by atomic mass is 10.1. The number of aryl methyl sites for hydroxylation is 3. The van der Waals surface area contributed by atoms with E-state index < -0.39 is 0 Å². The Labute approximate surface area is 181 Å². The van der Waals surface area contributed by atoms with Crippen LogP contribution in [0, 0.1) is 13.8 Å². The Morgan fingerprint density at radius 1 is 1.00 bits per heavy atom. The van der Waals surface area contributed by atoms with Crippen molar-refractivity contribution in [2.45, 2.75) is 26.7 Å². The average Bonchev–Trinajstić information content (AvgIpc) is 3.28. The van der Waals surface area contributed by atoms with Crippen LogP contribution in [0.15, 0.2) is 73.3 Å². The molecule has 0 fully saturated rings. The molecule has 0 spiro atoms. The smallest absolute Gasteiger partial charge is 0.224 e. The van der Waals surface area contributed by atoms with Crippen LogP contribution in [0.25, 0.3) is 5.82 Å². The van der Waals surface area contributed by atoms with E-state index in [1.807, 2.05) is 60.2 Å². The van der Waals surface area contributed by atoms with Crippen molar-refractivity contribution >= 4 is 23.1 Å². The molecule has 2 heterocycles. The lowest BCUT2D eigenvalue weighted by Crippen LogP contribution is -2.12. The highest BCUT2D eigenvalue weighted by atomic mass is 16.1. The van der Waals surface area contributed by atoms with E-state index in [-0.39, 0.29) is 5.91 Å². The molecule has 0 unspecified atom stereocenters. The third kappa shape index (κ3) is 5.54. The zero-order valence-electron chi connectivity index (χ0n) is 17.5. The van der Waals surface area contributed by atoms with Crippen LogP contribution in [-0.2, 0) is 11.2 Å². The second kappa shape index (κ2) is 9.21. The van der Waals surface area contributed by atoms with Gasteiger partial charge in [0.2, 0.25) is 5.91 Å². The van der Waals surface area contributed by atoms with Crippen molar-refractivity contribution < 1.29 is 4.79 Å². The number of hydrogen-bond donors (Lipinski definition) is 2. The highest BCUT2D eigenvalue weighted by Crippen LogP contribution is 2.20. The van der Waals surface area contributed by atoms with Gasteiger partial charge in [-0.15, -0.1) is 0 Å². The summed E-state index contributed by atoms with van der Waals surface area (Å²) in [5.74, 6) is 2.08. The maximum Gasteiger partial charge on any atom is 0.224 e. The van der Waals surface area contributed by atoms with Crippen LogP contribution in [0.4, 0.5) is 17.2 Å². The van der Waals surface area contributed by atoms with Gasteiger partial charge in [0.05, 0.1) is 0 Å². The maximum absolute atomic E-state index is 12.3. The number of carbonyl (C=O) groups is 1. The summed E-state index contributed by atoms with van der Waals surface area (Å²) in [6, 6.07) is 17.7. The van der Waals surface area contributed by atoms with Crippen molar-refractivity contribution in [3.63, 3.8) is 0 Å². The number of aromatic nitrogens is 4. The summed E-state index contributed by atoms with van der Waals surface area (Å²) in [6.45, 7) is 3.90. The summed E-state index contributed by atoms with van der Waals surface area (Å²) >= 11 is 0. The van der Waals surface area contributed by atoms with Crippen molar-refractivity contribution in [2.75, 3.05) is 10.6 Å². The molecule has 0 saturated heterocycles. The zero-order valence-corrected chi connectivity index (χ0v) is 17.5. The third-order valence-corrected chi connectivity index (χ3v) is 4.76. The van der Waals surface area contributed by atoms with E-state index >= 15 is 0 Å². The second-order valence-corrected chi connectivity index (χ2v) is 7.37. The average molecular weight is 412 g/mol. The van der Waals surface area contributed by atoms with Gasteiger partial charge in [0, 0.05) is 36.3 Å². The van der Waals surface area contributed by atoms with Crippen LogP contribution in [0.5, 0.6) is 0 Å². The van der Waals surface area contributed by atoms with E-state index in [2.05, 4.69) is 44.6 Å². The van der Waals surface area contributed by atoms with E-state index in [0.717, 1.165) is 23.6 Å². The number of nitrogens with zero attached hydrogens (tertiary/aromatic N) is 4. The van der Waals surface area contributed by atoms with Crippen molar-refractivity contribution in [3.05, 3.63) is 90.3 Å². The second-order valence-electron chi connectivity index (χ2n) is 7.37. The van der Waals surface area contributed by atoms with Gasteiger partial charge in [0.15, 0.2) is 0 Å². The molecule has 7 nitrogen and oxygen atoms in total. The van der Waals surface area contributed by atoms with Gasteiger partial charge in [-0.05, 0) is 50.1 Å². The van der Waals surface area contributed by atoms with Gasteiger partial charge in [-0.1, -0.05) is 29.8 Å². The van der Waals surface area contributed by atoms with Crippen molar-refractivity contribution in [2.24, 2.45) is 0 Å². The summed E-state index contributed by atoms with van der Waals surface area (Å²) < 4.78 is 1.83. The Morgan fingerprint density at radius 3 is 2.55 bits per heavy atom. The van der Waals surface area contributed by atoms with Crippen LogP contribution in [0.2, 0.25) is 0 Å². The molecular formula is C24H24N6O. The Bertz CT molecular complexity index is 1170. The molecule has 0 radical (unpaired) electrons. The number of rotatable bonds is 7. The molecular weight excluding hydrogens is 388 g/mol. The summed E-state index contributed by atoms with van der Waals surface area (Å²) in [5.41, 5.74) is 4.01. The van der Waals surface area contributed by atoms with Gasteiger partial charge >= 0.3 is 0 Å². The van der Waals surface area contributed by atoms with Crippen LogP contribution in [-0.4, -0.2) is 25.4 Å². The normalized spacial score (nSPS) is 10.6. The molecule has 4 rings (SSSR count). The van der Waals surface area contributed by atoms with Crippen LogP contribution in [0.1, 0.15) is 23.4 Å². The quantitative estimate of drug-likeness (QED) is 0.464. The van der Waals surface area contributed by atoms with E-state index in [1.54, 1.807) is 12.5 Å². The first kappa shape index (κ1) is 20.3. The molecule has 4 aromatic rings. The number of benzene rings is 2. The lowest BCUT2D eigenvalue weighted by Gasteiger charge is -2.10. The molecule has 2 N–H and O–H groups in total. The van der Waals surface area contributed by atoms with Gasteiger partial charge in [0.1, 0.15) is 23.8 Å². The van der Waals surface area contributed by atoms with Gasteiger partial charge in [-0.2, -0.15) is 0 Å². The lowest BCUT2D eigenvalue weighted by molar-refractivity contribution is -0.116. The predicted molar refractivity (Wildman–Crippen MR) is 122 cm³/mol.